The molecule has 0 saturated heterocycles. The van der Waals surface area contributed by atoms with Crippen LogP contribution < -0.4 is 5.32 Å². The molecule has 0 radical (unpaired) electrons. The van der Waals surface area contributed by atoms with E-state index in [4.69, 9.17) is 0 Å². The fraction of sp³-hybridized carbons (Fsp3) is 0.188. The number of aromatic nitrogens is 2. The Labute approximate surface area is 155 Å². The van der Waals surface area contributed by atoms with Crippen LogP contribution in [-0.4, -0.2) is 33.8 Å². The number of thioether (sulfide) groups is 2. The van der Waals surface area contributed by atoms with Gasteiger partial charge in [-0.05, 0) is 30.3 Å². The molecule has 2 aromatic heterocycles. The lowest BCUT2D eigenvalue weighted by Crippen LogP contribution is -2.13. The third kappa shape index (κ3) is 5.38. The summed E-state index contributed by atoms with van der Waals surface area (Å²) in [7, 11) is 0. The highest BCUT2D eigenvalue weighted by Gasteiger charge is 2.10. The number of alkyl halides is 2. The normalized spacial score (nSPS) is 11.2. The second-order valence-corrected chi connectivity index (χ2v) is 8.16. The Morgan fingerprint density at radius 3 is 2.88 bits per heavy atom. The number of thiazole rings is 1. The number of carbonyl (C=O) groups is 1. The quantitative estimate of drug-likeness (QED) is 0.582. The molecule has 25 heavy (non-hydrogen) atoms. The first-order valence-electron chi connectivity index (χ1n) is 7.25. The Morgan fingerprint density at radius 2 is 2.12 bits per heavy atom. The maximum atomic E-state index is 12.3. The summed E-state index contributed by atoms with van der Waals surface area (Å²) in [5.41, 5.74) is 1.40. The highest BCUT2D eigenvalue weighted by molar-refractivity contribution is 8.01. The van der Waals surface area contributed by atoms with Crippen LogP contribution in [0.5, 0.6) is 0 Å². The highest BCUT2D eigenvalue weighted by Crippen LogP contribution is 2.32. The second kappa shape index (κ2) is 8.59. The van der Waals surface area contributed by atoms with Crippen molar-refractivity contribution in [2.75, 3.05) is 16.8 Å². The molecule has 9 heteroatoms. The van der Waals surface area contributed by atoms with Crippen LogP contribution in [0.25, 0.3) is 10.2 Å². The van der Waals surface area contributed by atoms with Gasteiger partial charge in [0.25, 0.3) is 0 Å². The minimum Gasteiger partial charge on any atom is -0.325 e. The van der Waals surface area contributed by atoms with Crippen molar-refractivity contribution >= 4 is 56.7 Å². The van der Waals surface area contributed by atoms with Gasteiger partial charge < -0.3 is 5.32 Å². The molecule has 3 aromatic rings. The molecule has 0 aliphatic carbocycles. The van der Waals surface area contributed by atoms with E-state index in [1.807, 2.05) is 24.3 Å². The molecule has 0 aliphatic rings. The van der Waals surface area contributed by atoms with Gasteiger partial charge >= 0.3 is 0 Å². The average molecular weight is 397 g/mol. The van der Waals surface area contributed by atoms with E-state index in [9.17, 15) is 13.6 Å². The predicted molar refractivity (Wildman–Crippen MR) is 99.9 cm³/mol. The number of benzene rings is 1. The summed E-state index contributed by atoms with van der Waals surface area (Å²) in [6.45, 7) is 0. The molecule has 1 N–H and O–H groups in total. The topological polar surface area (TPSA) is 54.9 Å². The third-order valence-electron chi connectivity index (χ3n) is 2.97. The molecule has 1 aromatic carbocycles. The second-order valence-electron chi connectivity index (χ2n) is 4.87. The Hall–Kier alpha value is -1.71. The third-order valence-corrected chi connectivity index (χ3v) is 6.09. The first-order valence-corrected chi connectivity index (χ1v) is 10.0. The first-order chi connectivity index (χ1) is 12.1. The number of pyridine rings is 1. The van der Waals surface area contributed by atoms with E-state index < -0.39 is 6.43 Å². The fourth-order valence-electron chi connectivity index (χ4n) is 1.95. The van der Waals surface area contributed by atoms with Crippen molar-refractivity contribution in [3.8, 4) is 0 Å². The van der Waals surface area contributed by atoms with E-state index >= 15 is 0 Å². The van der Waals surface area contributed by atoms with Crippen molar-refractivity contribution < 1.29 is 13.6 Å². The van der Waals surface area contributed by atoms with Gasteiger partial charge in [0.15, 0.2) is 4.34 Å². The maximum absolute atomic E-state index is 12.3. The molecule has 0 aliphatic heterocycles. The fourth-order valence-corrected chi connectivity index (χ4v) is 4.48. The van der Waals surface area contributed by atoms with Crippen LogP contribution in [-0.2, 0) is 4.79 Å². The van der Waals surface area contributed by atoms with Gasteiger partial charge in [-0.3, -0.25) is 4.79 Å². The summed E-state index contributed by atoms with van der Waals surface area (Å²) >= 11 is 3.74. The molecule has 0 bridgehead atoms. The van der Waals surface area contributed by atoms with Crippen molar-refractivity contribution in [3.05, 3.63) is 42.6 Å². The summed E-state index contributed by atoms with van der Waals surface area (Å²) in [6.07, 6.45) is -0.676. The van der Waals surface area contributed by atoms with E-state index in [2.05, 4.69) is 15.3 Å². The summed E-state index contributed by atoms with van der Waals surface area (Å²) in [5, 5.41) is 3.62. The molecule has 1 amide bonds. The van der Waals surface area contributed by atoms with Gasteiger partial charge in [-0.2, -0.15) is 0 Å². The number of rotatable bonds is 7. The van der Waals surface area contributed by atoms with Crippen molar-refractivity contribution in [2.45, 2.75) is 15.8 Å². The monoisotopic (exact) mass is 397 g/mol. The van der Waals surface area contributed by atoms with Crippen LogP contribution in [0.2, 0.25) is 0 Å². The summed E-state index contributed by atoms with van der Waals surface area (Å²) < 4.78 is 26.0. The van der Waals surface area contributed by atoms with Crippen molar-refractivity contribution in [1.29, 1.82) is 0 Å². The van der Waals surface area contributed by atoms with Gasteiger partial charge in [0.05, 0.1) is 26.7 Å². The average Bonchev–Trinajstić information content (AvgIpc) is 3.01. The number of amides is 1. The van der Waals surface area contributed by atoms with Crippen LogP contribution in [0.1, 0.15) is 0 Å². The number of hydrogen-bond donors (Lipinski definition) is 1. The lowest BCUT2D eigenvalue weighted by molar-refractivity contribution is -0.113. The molecular weight excluding hydrogens is 384 g/mol. The molecule has 0 spiro atoms. The largest absolute Gasteiger partial charge is 0.325 e. The van der Waals surface area contributed by atoms with Gasteiger partial charge in [-0.15, -0.1) is 11.3 Å². The Bertz CT molecular complexity index is 858. The first kappa shape index (κ1) is 18.1. The molecule has 0 saturated carbocycles. The molecule has 2 heterocycles. The van der Waals surface area contributed by atoms with Crippen molar-refractivity contribution in [3.63, 3.8) is 0 Å². The summed E-state index contributed by atoms with van der Waals surface area (Å²) in [6, 6.07) is 10.9. The standard InChI is InChI=1S/C16H13F2N3OS3/c17-13(18)8-24-16-21-11-5-4-10(7-12(11)25-16)20-14(22)9-23-15-3-1-2-6-19-15/h1-7,13H,8-9H2,(H,20,22). The van der Waals surface area contributed by atoms with Crippen LogP contribution in [0.4, 0.5) is 14.5 Å². The van der Waals surface area contributed by atoms with Gasteiger partial charge in [0, 0.05) is 11.9 Å². The molecule has 0 fully saturated rings. The van der Waals surface area contributed by atoms with E-state index in [-0.39, 0.29) is 17.4 Å². The Kier molecular flexibility index (Phi) is 6.22. The lowest BCUT2D eigenvalue weighted by atomic mass is 10.3. The minimum atomic E-state index is -2.36. The van der Waals surface area contributed by atoms with Gasteiger partial charge in [-0.1, -0.05) is 29.6 Å². The number of anilines is 1. The van der Waals surface area contributed by atoms with E-state index in [1.165, 1.54) is 23.1 Å². The molecule has 0 atom stereocenters. The van der Waals surface area contributed by atoms with E-state index in [1.54, 1.807) is 18.3 Å². The SMILES string of the molecule is O=C(CSc1ccccn1)Nc1ccc2nc(SCC(F)F)sc2c1. The van der Waals surface area contributed by atoms with Crippen molar-refractivity contribution in [1.82, 2.24) is 9.97 Å². The maximum Gasteiger partial charge on any atom is 0.248 e. The molecule has 4 nitrogen and oxygen atoms in total. The lowest BCUT2D eigenvalue weighted by Gasteiger charge is -2.04. The smallest absolute Gasteiger partial charge is 0.248 e. The number of nitrogens with one attached hydrogen (secondary N) is 1. The van der Waals surface area contributed by atoms with Crippen LogP contribution in [0, 0.1) is 0 Å². The summed E-state index contributed by atoms with van der Waals surface area (Å²) in [4.78, 5) is 20.5. The number of fused-ring (bicyclic) bond motifs is 1. The minimum absolute atomic E-state index is 0.133. The van der Waals surface area contributed by atoms with Gasteiger partial charge in [0.2, 0.25) is 12.3 Å². The summed E-state index contributed by atoms with van der Waals surface area (Å²) in [5.74, 6) is -0.145. The molecule has 0 unspecified atom stereocenters. The van der Waals surface area contributed by atoms with Crippen LogP contribution >= 0.6 is 34.9 Å². The Balaban J connectivity index is 1.60. The number of carbonyl (C=O) groups excluding carboxylic acids is 1. The van der Waals surface area contributed by atoms with Crippen molar-refractivity contribution in [2.24, 2.45) is 0 Å². The zero-order valence-corrected chi connectivity index (χ0v) is 15.3. The predicted octanol–water partition coefficient (Wildman–Crippen LogP) is 4.78. The van der Waals surface area contributed by atoms with Gasteiger partial charge in [0.1, 0.15) is 0 Å². The number of nitrogens with zero attached hydrogens (tertiary/aromatic N) is 2. The Morgan fingerprint density at radius 1 is 1.24 bits per heavy atom. The zero-order chi connectivity index (χ0) is 17.6. The number of hydrogen-bond acceptors (Lipinski definition) is 6. The molecular formula is C16H13F2N3OS3. The van der Waals surface area contributed by atoms with Crippen LogP contribution in [0.15, 0.2) is 52.0 Å². The number of halogens is 2. The van der Waals surface area contributed by atoms with Gasteiger partial charge in [-0.25, -0.2) is 18.7 Å². The van der Waals surface area contributed by atoms with E-state index in [0.717, 1.165) is 27.0 Å². The molecule has 3 rings (SSSR count). The highest BCUT2D eigenvalue weighted by atomic mass is 32.2. The zero-order valence-electron chi connectivity index (χ0n) is 12.8. The van der Waals surface area contributed by atoms with E-state index in [0.29, 0.717) is 10.0 Å². The molecule has 130 valence electrons. The van der Waals surface area contributed by atoms with Crippen LogP contribution in [0.3, 0.4) is 0 Å².